The molecule has 4 nitrogen and oxygen atoms in total. The molecule has 4 heteroatoms. The van der Waals surface area contributed by atoms with E-state index in [1.54, 1.807) is 14.2 Å². The van der Waals surface area contributed by atoms with E-state index in [2.05, 4.69) is 5.32 Å². The average Bonchev–Trinajstić information content (AvgIpc) is 2.85. The van der Waals surface area contributed by atoms with Crippen LogP contribution in [0, 0.1) is 6.92 Å². The van der Waals surface area contributed by atoms with Gasteiger partial charge >= 0.3 is 0 Å². The lowest BCUT2D eigenvalue weighted by Crippen LogP contribution is -2.14. The summed E-state index contributed by atoms with van der Waals surface area (Å²) in [6.07, 6.45) is 0.586. The van der Waals surface area contributed by atoms with Crippen LogP contribution in [0.4, 0.5) is 5.69 Å². The number of nitrogens with one attached hydrogen (secondary N) is 1. The number of rotatable bonds is 4. The SMILES string of the molecule is COc1ccc(OC)c(CC2C(=O)Nc3c(C)cccc32)c1. The van der Waals surface area contributed by atoms with Crippen LogP contribution in [-0.2, 0) is 11.2 Å². The van der Waals surface area contributed by atoms with Crippen molar-refractivity contribution in [2.75, 3.05) is 19.5 Å². The summed E-state index contributed by atoms with van der Waals surface area (Å²) in [5.74, 6) is 1.37. The normalized spacial score (nSPS) is 16.1. The lowest BCUT2D eigenvalue weighted by molar-refractivity contribution is -0.117. The number of hydrogen-bond donors (Lipinski definition) is 1. The second-order valence-electron chi connectivity index (χ2n) is 5.46. The first-order valence-electron chi connectivity index (χ1n) is 7.25. The van der Waals surface area contributed by atoms with Gasteiger partial charge in [-0.1, -0.05) is 18.2 Å². The molecule has 1 N–H and O–H groups in total. The van der Waals surface area contributed by atoms with E-state index in [0.717, 1.165) is 33.9 Å². The van der Waals surface area contributed by atoms with Gasteiger partial charge in [0.1, 0.15) is 11.5 Å². The molecule has 0 saturated carbocycles. The van der Waals surface area contributed by atoms with Gasteiger partial charge in [-0.3, -0.25) is 4.79 Å². The van der Waals surface area contributed by atoms with Crippen molar-refractivity contribution in [3.63, 3.8) is 0 Å². The third kappa shape index (κ3) is 2.41. The first kappa shape index (κ1) is 14.4. The molecule has 114 valence electrons. The average molecular weight is 297 g/mol. The molecule has 22 heavy (non-hydrogen) atoms. The van der Waals surface area contributed by atoms with Crippen LogP contribution in [0.2, 0.25) is 0 Å². The fourth-order valence-corrected chi connectivity index (χ4v) is 2.97. The number of anilines is 1. The predicted molar refractivity (Wildman–Crippen MR) is 85.8 cm³/mol. The van der Waals surface area contributed by atoms with E-state index in [0.29, 0.717) is 6.42 Å². The number of fused-ring (bicyclic) bond motifs is 1. The summed E-state index contributed by atoms with van der Waals surface area (Å²) >= 11 is 0. The number of methoxy groups -OCH3 is 2. The highest BCUT2D eigenvalue weighted by Crippen LogP contribution is 2.38. The monoisotopic (exact) mass is 297 g/mol. The largest absolute Gasteiger partial charge is 0.497 e. The first-order valence-corrected chi connectivity index (χ1v) is 7.25. The Morgan fingerprint density at radius 3 is 2.68 bits per heavy atom. The van der Waals surface area contributed by atoms with Gasteiger partial charge in [-0.15, -0.1) is 0 Å². The summed E-state index contributed by atoms with van der Waals surface area (Å²) in [5, 5.41) is 2.99. The molecule has 0 spiro atoms. The third-order valence-electron chi connectivity index (χ3n) is 4.16. The van der Waals surface area contributed by atoms with Crippen molar-refractivity contribution in [1.29, 1.82) is 0 Å². The molecular formula is C18H19NO3. The van der Waals surface area contributed by atoms with Crippen LogP contribution in [0.1, 0.15) is 22.6 Å². The molecule has 1 aliphatic rings. The third-order valence-corrected chi connectivity index (χ3v) is 4.16. The predicted octanol–water partition coefficient (Wildman–Crippen LogP) is 3.29. The van der Waals surface area contributed by atoms with Gasteiger partial charge in [0.25, 0.3) is 0 Å². The van der Waals surface area contributed by atoms with Gasteiger partial charge in [0.15, 0.2) is 0 Å². The van der Waals surface area contributed by atoms with Gasteiger partial charge in [-0.05, 0) is 48.2 Å². The summed E-state index contributed by atoms with van der Waals surface area (Å²) in [6.45, 7) is 2.01. The van der Waals surface area contributed by atoms with Crippen molar-refractivity contribution < 1.29 is 14.3 Å². The van der Waals surface area contributed by atoms with Gasteiger partial charge in [0.2, 0.25) is 5.91 Å². The molecular weight excluding hydrogens is 278 g/mol. The summed E-state index contributed by atoms with van der Waals surface area (Å²) < 4.78 is 10.7. The number of aryl methyl sites for hydroxylation is 1. The van der Waals surface area contributed by atoms with E-state index in [-0.39, 0.29) is 11.8 Å². The van der Waals surface area contributed by atoms with Crippen molar-refractivity contribution in [3.05, 3.63) is 53.1 Å². The van der Waals surface area contributed by atoms with Crippen molar-refractivity contribution in [2.45, 2.75) is 19.3 Å². The summed E-state index contributed by atoms with van der Waals surface area (Å²) in [5.41, 5.74) is 4.05. The standard InChI is InChI=1S/C18H19NO3/c1-11-5-4-6-14-15(18(20)19-17(11)14)10-12-9-13(21-2)7-8-16(12)22-3/h4-9,15H,10H2,1-3H3,(H,19,20). The quantitative estimate of drug-likeness (QED) is 0.942. The maximum Gasteiger partial charge on any atom is 0.232 e. The Hall–Kier alpha value is -2.49. The zero-order valence-corrected chi connectivity index (χ0v) is 13.0. The lowest BCUT2D eigenvalue weighted by Gasteiger charge is -2.14. The lowest BCUT2D eigenvalue weighted by atomic mass is 9.92. The van der Waals surface area contributed by atoms with Crippen LogP contribution in [0.5, 0.6) is 11.5 Å². The van der Waals surface area contributed by atoms with Crippen LogP contribution >= 0.6 is 0 Å². The van der Waals surface area contributed by atoms with E-state index >= 15 is 0 Å². The molecule has 3 rings (SSSR count). The molecule has 0 aromatic heterocycles. The first-order chi connectivity index (χ1) is 10.6. The molecule has 0 aliphatic carbocycles. The van der Waals surface area contributed by atoms with Crippen molar-refractivity contribution in [2.24, 2.45) is 0 Å². The Labute approximate surface area is 130 Å². The molecule has 0 fully saturated rings. The zero-order chi connectivity index (χ0) is 15.7. The molecule has 2 aromatic carbocycles. The Morgan fingerprint density at radius 2 is 1.95 bits per heavy atom. The zero-order valence-electron chi connectivity index (χ0n) is 13.0. The van der Waals surface area contributed by atoms with E-state index in [4.69, 9.17) is 9.47 Å². The van der Waals surface area contributed by atoms with E-state index in [9.17, 15) is 4.79 Å². The van der Waals surface area contributed by atoms with Crippen LogP contribution in [0.15, 0.2) is 36.4 Å². The molecule has 0 bridgehead atoms. The van der Waals surface area contributed by atoms with E-state index in [1.807, 2.05) is 43.3 Å². The number of ether oxygens (including phenoxy) is 2. The maximum absolute atomic E-state index is 12.4. The number of carbonyl (C=O) groups is 1. The molecule has 1 aliphatic heterocycles. The number of hydrogen-bond acceptors (Lipinski definition) is 3. The minimum absolute atomic E-state index is 0.0363. The Bertz CT molecular complexity index is 724. The summed E-state index contributed by atoms with van der Waals surface area (Å²) in [4.78, 5) is 12.4. The Morgan fingerprint density at radius 1 is 1.14 bits per heavy atom. The van der Waals surface area contributed by atoms with Crippen molar-refractivity contribution in [3.8, 4) is 11.5 Å². The highest BCUT2D eigenvalue weighted by atomic mass is 16.5. The Balaban J connectivity index is 1.98. The highest BCUT2D eigenvalue weighted by molar-refractivity contribution is 6.03. The number of benzene rings is 2. The fraction of sp³-hybridized carbons (Fsp3) is 0.278. The van der Waals surface area contributed by atoms with Gasteiger partial charge < -0.3 is 14.8 Å². The summed E-state index contributed by atoms with van der Waals surface area (Å²) in [6, 6.07) is 11.7. The molecule has 1 heterocycles. The maximum atomic E-state index is 12.4. The molecule has 0 radical (unpaired) electrons. The molecule has 1 amide bonds. The molecule has 2 aromatic rings. The van der Waals surface area contributed by atoms with Gasteiger partial charge in [-0.2, -0.15) is 0 Å². The number of carbonyl (C=O) groups excluding carboxylic acids is 1. The second kappa shape index (κ2) is 5.72. The minimum Gasteiger partial charge on any atom is -0.497 e. The van der Waals surface area contributed by atoms with Crippen LogP contribution in [-0.4, -0.2) is 20.1 Å². The van der Waals surface area contributed by atoms with Gasteiger partial charge in [0.05, 0.1) is 20.1 Å². The summed E-state index contributed by atoms with van der Waals surface area (Å²) in [7, 11) is 3.27. The van der Waals surface area contributed by atoms with Gasteiger partial charge in [0, 0.05) is 5.69 Å². The molecule has 0 saturated heterocycles. The fourth-order valence-electron chi connectivity index (χ4n) is 2.97. The molecule has 1 unspecified atom stereocenters. The van der Waals surface area contributed by atoms with E-state index in [1.165, 1.54) is 0 Å². The van der Waals surface area contributed by atoms with Crippen LogP contribution < -0.4 is 14.8 Å². The van der Waals surface area contributed by atoms with E-state index < -0.39 is 0 Å². The van der Waals surface area contributed by atoms with Crippen LogP contribution in [0.3, 0.4) is 0 Å². The number of para-hydroxylation sites is 1. The smallest absolute Gasteiger partial charge is 0.232 e. The van der Waals surface area contributed by atoms with Crippen LogP contribution in [0.25, 0.3) is 0 Å². The van der Waals surface area contributed by atoms with Crippen molar-refractivity contribution >= 4 is 11.6 Å². The topological polar surface area (TPSA) is 47.6 Å². The molecule has 1 atom stereocenters. The highest BCUT2D eigenvalue weighted by Gasteiger charge is 2.32. The minimum atomic E-state index is -0.198. The number of amides is 1. The van der Waals surface area contributed by atoms with Gasteiger partial charge in [-0.25, -0.2) is 0 Å². The second-order valence-corrected chi connectivity index (χ2v) is 5.46. The Kier molecular flexibility index (Phi) is 3.75. The van der Waals surface area contributed by atoms with Crippen molar-refractivity contribution in [1.82, 2.24) is 0 Å².